The van der Waals surface area contributed by atoms with Gasteiger partial charge in [-0.05, 0) is 18.6 Å². The molecule has 6 nitrogen and oxygen atoms in total. The summed E-state index contributed by atoms with van der Waals surface area (Å²) in [4.78, 5) is 22.3. The molecule has 0 saturated carbocycles. The Balaban J connectivity index is 1.62. The van der Waals surface area contributed by atoms with Crippen LogP contribution in [-0.2, 0) is 12.5 Å². The van der Waals surface area contributed by atoms with Crippen molar-refractivity contribution >= 4 is 5.91 Å². The first-order chi connectivity index (χ1) is 13.4. The number of benzene rings is 1. The molecule has 0 spiro atoms. The molecule has 1 atom stereocenters. The molecule has 1 aliphatic heterocycles. The highest BCUT2D eigenvalue weighted by Crippen LogP contribution is 2.33. The molecule has 3 heterocycles. The zero-order chi connectivity index (χ0) is 19.9. The predicted octanol–water partition coefficient (Wildman–Crippen LogP) is 3.91. The van der Waals surface area contributed by atoms with Gasteiger partial charge in [0.2, 0.25) is 5.82 Å². The third kappa shape index (κ3) is 3.02. The maximum atomic E-state index is 13.3. The van der Waals surface area contributed by atoms with E-state index in [1.54, 1.807) is 4.90 Å². The molecule has 0 radical (unpaired) electrons. The van der Waals surface area contributed by atoms with Gasteiger partial charge in [0, 0.05) is 11.8 Å². The third-order valence-corrected chi connectivity index (χ3v) is 4.70. The van der Waals surface area contributed by atoms with Gasteiger partial charge in [-0.15, -0.1) is 0 Å². The summed E-state index contributed by atoms with van der Waals surface area (Å²) < 4.78 is 43.6. The van der Waals surface area contributed by atoms with Crippen LogP contribution in [0.25, 0.3) is 11.4 Å². The molecule has 1 aliphatic rings. The Morgan fingerprint density at radius 2 is 2.04 bits per heavy atom. The summed E-state index contributed by atoms with van der Waals surface area (Å²) in [7, 11) is 0. The molecule has 2 aromatic heterocycles. The van der Waals surface area contributed by atoms with Crippen molar-refractivity contribution in [3.05, 3.63) is 65.3 Å². The van der Waals surface area contributed by atoms with E-state index in [1.807, 2.05) is 37.3 Å². The molecule has 0 aliphatic carbocycles. The van der Waals surface area contributed by atoms with E-state index in [2.05, 4.69) is 19.6 Å². The lowest BCUT2D eigenvalue weighted by molar-refractivity contribution is -0.0558. The molecule has 144 valence electrons. The van der Waals surface area contributed by atoms with Crippen LogP contribution in [0.1, 0.15) is 40.5 Å². The van der Waals surface area contributed by atoms with Crippen LogP contribution in [0.15, 0.2) is 47.1 Å². The second-order valence-corrected chi connectivity index (χ2v) is 6.50. The van der Waals surface area contributed by atoms with Crippen molar-refractivity contribution in [3.8, 4) is 11.4 Å². The first-order valence-electron chi connectivity index (χ1n) is 8.54. The second kappa shape index (κ2) is 6.74. The Labute approximate surface area is 158 Å². The lowest BCUT2D eigenvalue weighted by Gasteiger charge is -2.24. The number of rotatable bonds is 5. The minimum Gasteiger partial charge on any atom is -0.332 e. The molecular formula is C19H15F3N4O2. The summed E-state index contributed by atoms with van der Waals surface area (Å²) in [6, 6.07) is 10.9. The topological polar surface area (TPSA) is 72.1 Å². The Kier molecular flexibility index (Phi) is 4.37. The number of nitrogens with zero attached hydrogens (tertiary/aromatic N) is 4. The molecule has 0 fully saturated rings. The Morgan fingerprint density at radius 1 is 1.29 bits per heavy atom. The number of alkyl halides is 3. The number of aromatic nitrogens is 3. The van der Waals surface area contributed by atoms with Crippen molar-refractivity contribution in [3.63, 3.8) is 0 Å². The molecule has 28 heavy (non-hydrogen) atoms. The standard InChI is InChI=1S/C19H15F3N4O2/c1-11(12-5-3-2-4-6-12)26-9-15-14(17(26)27)7-13(8-23-15)16-24-18(28-25-16)19(21,22)10-20/h2-8,11H,9-10H2,1H3/t11-/m0/s1. The summed E-state index contributed by atoms with van der Waals surface area (Å²) in [5, 5.41) is 3.46. The lowest BCUT2D eigenvalue weighted by Crippen LogP contribution is -2.27. The van der Waals surface area contributed by atoms with Crippen molar-refractivity contribution in [2.45, 2.75) is 25.4 Å². The molecule has 1 amide bonds. The monoisotopic (exact) mass is 388 g/mol. The first kappa shape index (κ1) is 18.1. The second-order valence-electron chi connectivity index (χ2n) is 6.50. The largest absolute Gasteiger partial charge is 0.352 e. The maximum Gasteiger partial charge on any atom is 0.352 e. The molecule has 0 unspecified atom stereocenters. The van der Waals surface area contributed by atoms with Gasteiger partial charge in [-0.1, -0.05) is 35.5 Å². The van der Waals surface area contributed by atoms with E-state index in [9.17, 15) is 18.0 Å². The van der Waals surface area contributed by atoms with E-state index in [-0.39, 0.29) is 23.3 Å². The smallest absolute Gasteiger partial charge is 0.332 e. The number of hydrogen-bond acceptors (Lipinski definition) is 5. The SMILES string of the molecule is C[C@@H](c1ccccc1)N1Cc2ncc(-c3noc(C(F)(F)CF)n3)cc2C1=O. The van der Waals surface area contributed by atoms with Crippen molar-refractivity contribution in [2.24, 2.45) is 0 Å². The number of carbonyl (C=O) groups is 1. The number of pyridine rings is 1. The van der Waals surface area contributed by atoms with Crippen molar-refractivity contribution in [2.75, 3.05) is 6.67 Å². The normalized spacial score (nSPS) is 15.0. The first-order valence-corrected chi connectivity index (χ1v) is 8.54. The number of hydrogen-bond donors (Lipinski definition) is 0. The average Bonchev–Trinajstić information content (AvgIpc) is 3.34. The van der Waals surface area contributed by atoms with E-state index < -0.39 is 18.5 Å². The highest BCUT2D eigenvalue weighted by atomic mass is 19.3. The summed E-state index contributed by atoms with van der Waals surface area (Å²) in [6.07, 6.45) is 1.38. The van der Waals surface area contributed by atoms with E-state index in [1.165, 1.54) is 12.3 Å². The molecular weight excluding hydrogens is 373 g/mol. The minimum absolute atomic E-state index is 0.161. The fraction of sp³-hybridized carbons (Fsp3) is 0.263. The summed E-state index contributed by atoms with van der Waals surface area (Å²) in [5.74, 6) is -5.37. The number of amides is 1. The molecule has 4 rings (SSSR count). The molecule has 0 N–H and O–H groups in total. The zero-order valence-electron chi connectivity index (χ0n) is 14.8. The van der Waals surface area contributed by atoms with E-state index in [0.717, 1.165) is 5.56 Å². The van der Waals surface area contributed by atoms with Crippen molar-refractivity contribution in [1.82, 2.24) is 20.0 Å². The number of fused-ring (bicyclic) bond motifs is 1. The van der Waals surface area contributed by atoms with Crippen LogP contribution in [0, 0.1) is 0 Å². The van der Waals surface area contributed by atoms with Crippen LogP contribution in [0.3, 0.4) is 0 Å². The lowest BCUT2D eigenvalue weighted by atomic mass is 10.1. The zero-order valence-corrected chi connectivity index (χ0v) is 14.8. The predicted molar refractivity (Wildman–Crippen MR) is 92.1 cm³/mol. The van der Waals surface area contributed by atoms with Gasteiger partial charge in [0.25, 0.3) is 11.8 Å². The van der Waals surface area contributed by atoms with Crippen LogP contribution in [0.4, 0.5) is 13.2 Å². The molecule has 1 aromatic carbocycles. The summed E-state index contributed by atoms with van der Waals surface area (Å²) in [5.41, 5.74) is 2.16. The van der Waals surface area contributed by atoms with E-state index in [4.69, 9.17) is 0 Å². The minimum atomic E-state index is -3.85. The quantitative estimate of drug-likeness (QED) is 0.663. The van der Waals surface area contributed by atoms with Crippen LogP contribution < -0.4 is 0 Å². The van der Waals surface area contributed by atoms with Gasteiger partial charge in [-0.3, -0.25) is 9.78 Å². The fourth-order valence-corrected chi connectivity index (χ4v) is 3.09. The van der Waals surface area contributed by atoms with Gasteiger partial charge in [0.15, 0.2) is 6.67 Å². The Bertz CT molecular complexity index is 1020. The molecule has 9 heteroatoms. The van der Waals surface area contributed by atoms with Crippen LogP contribution >= 0.6 is 0 Å². The highest BCUT2D eigenvalue weighted by Gasteiger charge is 2.39. The molecule has 0 saturated heterocycles. The van der Waals surface area contributed by atoms with Gasteiger partial charge < -0.3 is 9.42 Å². The van der Waals surface area contributed by atoms with Gasteiger partial charge in [0.05, 0.1) is 23.8 Å². The molecule has 0 bridgehead atoms. The van der Waals surface area contributed by atoms with E-state index in [0.29, 0.717) is 17.8 Å². The Hall–Kier alpha value is -3.23. The Morgan fingerprint density at radius 3 is 2.75 bits per heavy atom. The number of carbonyl (C=O) groups excluding carboxylic acids is 1. The van der Waals surface area contributed by atoms with Gasteiger partial charge >= 0.3 is 5.92 Å². The van der Waals surface area contributed by atoms with Crippen molar-refractivity contribution < 1.29 is 22.5 Å². The van der Waals surface area contributed by atoms with Gasteiger partial charge in [0.1, 0.15) is 0 Å². The van der Waals surface area contributed by atoms with Crippen LogP contribution in [-0.4, -0.2) is 32.6 Å². The van der Waals surface area contributed by atoms with Crippen LogP contribution in [0.2, 0.25) is 0 Å². The van der Waals surface area contributed by atoms with Gasteiger partial charge in [-0.25, -0.2) is 4.39 Å². The summed E-state index contributed by atoms with van der Waals surface area (Å²) >= 11 is 0. The molecule has 3 aromatic rings. The summed E-state index contributed by atoms with van der Waals surface area (Å²) in [6.45, 7) is 0.314. The third-order valence-electron chi connectivity index (χ3n) is 4.70. The fourth-order valence-electron chi connectivity index (χ4n) is 3.09. The van der Waals surface area contributed by atoms with Crippen LogP contribution in [0.5, 0.6) is 0 Å². The average molecular weight is 388 g/mol. The highest BCUT2D eigenvalue weighted by molar-refractivity contribution is 5.99. The number of halogens is 3. The maximum absolute atomic E-state index is 13.3. The van der Waals surface area contributed by atoms with Gasteiger partial charge in [-0.2, -0.15) is 13.8 Å². The van der Waals surface area contributed by atoms with Crippen molar-refractivity contribution in [1.29, 1.82) is 0 Å². The van der Waals surface area contributed by atoms with E-state index >= 15 is 0 Å².